The molecule has 0 spiro atoms. The van der Waals surface area contributed by atoms with Gasteiger partial charge >= 0.3 is 0 Å². The lowest BCUT2D eigenvalue weighted by Gasteiger charge is -2.31. The van der Waals surface area contributed by atoms with E-state index in [-0.39, 0.29) is 0 Å². The van der Waals surface area contributed by atoms with Crippen molar-refractivity contribution >= 4 is 17.5 Å². The number of nitrogens with zero attached hydrogens (tertiary/aromatic N) is 4. The molecule has 1 saturated heterocycles. The lowest BCUT2D eigenvalue weighted by Crippen LogP contribution is -2.34. The van der Waals surface area contributed by atoms with Gasteiger partial charge in [-0.2, -0.15) is 4.98 Å². The summed E-state index contributed by atoms with van der Waals surface area (Å²) in [6.07, 6.45) is 2.45. The van der Waals surface area contributed by atoms with Crippen molar-refractivity contribution in [2.75, 3.05) is 29.4 Å². The number of piperidine rings is 1. The third-order valence-corrected chi connectivity index (χ3v) is 4.80. The van der Waals surface area contributed by atoms with Crippen molar-refractivity contribution in [3.63, 3.8) is 0 Å². The van der Waals surface area contributed by atoms with Gasteiger partial charge in [0.25, 0.3) is 0 Å². The summed E-state index contributed by atoms with van der Waals surface area (Å²) in [4.78, 5) is 14.2. The molecule has 4 nitrogen and oxygen atoms in total. The summed E-state index contributed by atoms with van der Waals surface area (Å²) >= 11 is 0. The van der Waals surface area contributed by atoms with Crippen LogP contribution in [-0.2, 0) is 0 Å². The number of aryl methyl sites for hydroxylation is 2. The van der Waals surface area contributed by atoms with Gasteiger partial charge in [0, 0.05) is 37.1 Å². The summed E-state index contributed by atoms with van der Waals surface area (Å²) in [7, 11) is 0. The van der Waals surface area contributed by atoms with E-state index < -0.39 is 0 Å². The average Bonchev–Trinajstić information content (AvgIpc) is 2.56. The van der Waals surface area contributed by atoms with E-state index >= 15 is 0 Å². The zero-order valence-electron chi connectivity index (χ0n) is 15.3. The van der Waals surface area contributed by atoms with E-state index in [9.17, 15) is 0 Å². The van der Waals surface area contributed by atoms with E-state index in [1.54, 1.807) is 0 Å². The highest BCUT2D eigenvalue weighted by Crippen LogP contribution is 2.27. The highest BCUT2D eigenvalue weighted by Gasteiger charge is 2.20. The number of rotatable bonds is 4. The van der Waals surface area contributed by atoms with E-state index in [2.05, 4.69) is 67.8 Å². The molecule has 2 aromatic rings. The van der Waals surface area contributed by atoms with Crippen LogP contribution in [0.2, 0.25) is 0 Å². The highest BCUT2D eigenvalue weighted by molar-refractivity contribution is 5.62. The molecule has 0 N–H and O–H groups in total. The van der Waals surface area contributed by atoms with Crippen LogP contribution in [0.3, 0.4) is 0 Å². The van der Waals surface area contributed by atoms with Crippen molar-refractivity contribution < 1.29 is 0 Å². The van der Waals surface area contributed by atoms with Gasteiger partial charge in [0.15, 0.2) is 0 Å². The Morgan fingerprint density at radius 1 is 1.12 bits per heavy atom. The second-order valence-electron chi connectivity index (χ2n) is 6.92. The van der Waals surface area contributed by atoms with Crippen LogP contribution in [0, 0.1) is 19.8 Å². The molecule has 0 bridgehead atoms. The zero-order valence-corrected chi connectivity index (χ0v) is 15.3. The number of hydrogen-bond donors (Lipinski definition) is 0. The van der Waals surface area contributed by atoms with Crippen molar-refractivity contribution in [2.24, 2.45) is 5.92 Å². The Morgan fingerprint density at radius 2 is 1.88 bits per heavy atom. The Labute approximate surface area is 145 Å². The molecule has 0 amide bonds. The maximum absolute atomic E-state index is 4.90. The SMILES string of the molecule is CCN(c1cccc(C)c1)c1cc(C)nc(N2CCC(C)CC2)n1. The molecule has 0 atom stereocenters. The van der Waals surface area contributed by atoms with Crippen LogP contribution in [0.1, 0.15) is 37.9 Å². The first-order chi connectivity index (χ1) is 11.6. The fourth-order valence-corrected chi connectivity index (χ4v) is 3.30. The Bertz CT molecular complexity index is 690. The first-order valence-corrected chi connectivity index (χ1v) is 9.01. The summed E-state index contributed by atoms with van der Waals surface area (Å²) < 4.78 is 0. The summed E-state index contributed by atoms with van der Waals surface area (Å²) in [5.41, 5.74) is 3.48. The summed E-state index contributed by atoms with van der Waals surface area (Å²) in [6, 6.07) is 10.7. The quantitative estimate of drug-likeness (QED) is 0.829. The molecule has 2 heterocycles. The average molecular weight is 324 g/mol. The predicted molar refractivity (Wildman–Crippen MR) is 101 cm³/mol. The van der Waals surface area contributed by atoms with Crippen molar-refractivity contribution in [1.82, 2.24) is 9.97 Å². The minimum atomic E-state index is 0.810. The van der Waals surface area contributed by atoms with E-state index in [0.717, 1.165) is 43.0 Å². The van der Waals surface area contributed by atoms with Crippen LogP contribution in [0.15, 0.2) is 30.3 Å². The van der Waals surface area contributed by atoms with Crippen molar-refractivity contribution in [3.8, 4) is 0 Å². The van der Waals surface area contributed by atoms with E-state index in [0.29, 0.717) is 0 Å². The molecule has 3 rings (SSSR count). The number of benzene rings is 1. The van der Waals surface area contributed by atoms with Crippen molar-refractivity contribution in [1.29, 1.82) is 0 Å². The molecule has 0 aliphatic carbocycles. The normalized spacial score (nSPS) is 15.6. The van der Waals surface area contributed by atoms with Crippen LogP contribution in [0.25, 0.3) is 0 Å². The summed E-state index contributed by atoms with van der Waals surface area (Å²) in [6.45, 7) is 11.7. The lowest BCUT2D eigenvalue weighted by molar-refractivity contribution is 0.434. The Hall–Kier alpha value is -2.10. The molecule has 24 heavy (non-hydrogen) atoms. The van der Waals surface area contributed by atoms with Gasteiger partial charge in [-0.05, 0) is 57.2 Å². The van der Waals surface area contributed by atoms with Gasteiger partial charge < -0.3 is 9.80 Å². The molecular weight excluding hydrogens is 296 g/mol. The minimum absolute atomic E-state index is 0.810. The first-order valence-electron chi connectivity index (χ1n) is 9.01. The van der Waals surface area contributed by atoms with Crippen LogP contribution in [0.4, 0.5) is 17.5 Å². The first kappa shape index (κ1) is 16.7. The van der Waals surface area contributed by atoms with Crippen LogP contribution in [-0.4, -0.2) is 29.6 Å². The van der Waals surface area contributed by atoms with Crippen molar-refractivity contribution in [2.45, 2.75) is 40.5 Å². The van der Waals surface area contributed by atoms with Gasteiger partial charge in [0.05, 0.1) is 0 Å². The molecule has 128 valence electrons. The molecule has 0 saturated carbocycles. The lowest BCUT2D eigenvalue weighted by atomic mass is 10.00. The van der Waals surface area contributed by atoms with Crippen LogP contribution in [0.5, 0.6) is 0 Å². The second-order valence-corrected chi connectivity index (χ2v) is 6.92. The van der Waals surface area contributed by atoms with Gasteiger partial charge in [-0.1, -0.05) is 19.1 Å². The summed E-state index contributed by atoms with van der Waals surface area (Å²) in [5, 5.41) is 0. The fraction of sp³-hybridized carbons (Fsp3) is 0.500. The number of aromatic nitrogens is 2. The number of anilines is 3. The van der Waals surface area contributed by atoms with E-state index in [4.69, 9.17) is 9.97 Å². The molecule has 1 aliphatic rings. The molecular formula is C20H28N4. The molecule has 0 unspecified atom stereocenters. The van der Waals surface area contributed by atoms with E-state index in [1.165, 1.54) is 24.1 Å². The fourth-order valence-electron chi connectivity index (χ4n) is 3.30. The van der Waals surface area contributed by atoms with Gasteiger partial charge in [-0.15, -0.1) is 0 Å². The third-order valence-electron chi connectivity index (χ3n) is 4.80. The molecule has 1 aromatic carbocycles. The minimum Gasteiger partial charge on any atom is -0.341 e. The Kier molecular flexibility index (Phi) is 5.03. The van der Waals surface area contributed by atoms with Gasteiger partial charge in [0.2, 0.25) is 5.95 Å². The van der Waals surface area contributed by atoms with Crippen molar-refractivity contribution in [3.05, 3.63) is 41.6 Å². The highest BCUT2D eigenvalue weighted by atomic mass is 15.3. The van der Waals surface area contributed by atoms with Gasteiger partial charge in [-0.25, -0.2) is 4.98 Å². The maximum Gasteiger partial charge on any atom is 0.227 e. The molecule has 1 aliphatic heterocycles. The maximum atomic E-state index is 4.90. The standard InChI is InChI=1S/C20H28N4/c1-5-24(18-8-6-7-16(3)13-18)19-14-17(4)21-20(22-19)23-11-9-15(2)10-12-23/h6-8,13-15H,5,9-12H2,1-4H3. The summed E-state index contributed by atoms with van der Waals surface area (Å²) in [5.74, 6) is 2.68. The second kappa shape index (κ2) is 7.20. The predicted octanol–water partition coefficient (Wildman–Crippen LogP) is 4.49. The van der Waals surface area contributed by atoms with Crippen LogP contribution < -0.4 is 9.80 Å². The van der Waals surface area contributed by atoms with Crippen LogP contribution >= 0.6 is 0 Å². The Morgan fingerprint density at radius 3 is 2.54 bits per heavy atom. The smallest absolute Gasteiger partial charge is 0.227 e. The number of hydrogen-bond acceptors (Lipinski definition) is 4. The molecule has 4 heteroatoms. The largest absolute Gasteiger partial charge is 0.341 e. The zero-order chi connectivity index (χ0) is 17.1. The molecule has 1 aromatic heterocycles. The molecule has 1 fully saturated rings. The molecule has 0 radical (unpaired) electrons. The van der Waals surface area contributed by atoms with Gasteiger partial charge in [0.1, 0.15) is 5.82 Å². The van der Waals surface area contributed by atoms with E-state index in [1.807, 2.05) is 0 Å². The monoisotopic (exact) mass is 324 g/mol. The van der Waals surface area contributed by atoms with Gasteiger partial charge in [-0.3, -0.25) is 0 Å². The topological polar surface area (TPSA) is 32.3 Å². The Balaban J connectivity index is 1.92. The third kappa shape index (κ3) is 3.69.